The Morgan fingerprint density at radius 3 is 2.45 bits per heavy atom. The van der Waals surface area contributed by atoms with Crippen molar-refractivity contribution in [2.24, 2.45) is 0 Å². The van der Waals surface area contributed by atoms with Crippen LogP contribution in [0.5, 0.6) is 0 Å². The van der Waals surface area contributed by atoms with Crippen molar-refractivity contribution < 1.29 is 13.2 Å². The zero-order chi connectivity index (χ0) is 16.3. The number of hydrogen-bond donors (Lipinski definition) is 1. The molecule has 0 spiro atoms. The summed E-state index contributed by atoms with van der Waals surface area (Å²) in [4.78, 5) is 11.5. The van der Waals surface area contributed by atoms with Gasteiger partial charge in [0.1, 0.15) is 0 Å². The number of benzene rings is 2. The number of carbonyl (C=O) groups is 1. The highest BCUT2D eigenvalue weighted by molar-refractivity contribution is 7.89. The number of carbonyl (C=O) groups excluding carboxylic acids is 1. The largest absolute Gasteiger partial charge is 0.295 e. The molecule has 2 aromatic rings. The average molecular weight is 317 g/mol. The van der Waals surface area contributed by atoms with E-state index in [0.717, 1.165) is 16.7 Å². The van der Waals surface area contributed by atoms with Crippen LogP contribution in [0, 0.1) is 13.8 Å². The monoisotopic (exact) mass is 317 g/mol. The highest BCUT2D eigenvalue weighted by atomic mass is 32.2. The lowest BCUT2D eigenvalue weighted by Crippen LogP contribution is -2.23. The Hall–Kier alpha value is -1.98. The molecule has 2 aromatic carbocycles. The summed E-state index contributed by atoms with van der Waals surface area (Å²) in [6.07, 6.45) is 0. The Kier molecular flexibility index (Phi) is 4.78. The second-order valence-electron chi connectivity index (χ2n) is 5.34. The summed E-state index contributed by atoms with van der Waals surface area (Å²) in [5.41, 5.74) is 3.49. The van der Waals surface area contributed by atoms with Gasteiger partial charge >= 0.3 is 0 Å². The molecule has 5 heteroatoms. The van der Waals surface area contributed by atoms with E-state index in [1.54, 1.807) is 12.1 Å². The lowest BCUT2D eigenvalue weighted by atomic mass is 10.1. The van der Waals surface area contributed by atoms with E-state index in [-0.39, 0.29) is 17.2 Å². The van der Waals surface area contributed by atoms with Crippen LogP contribution < -0.4 is 4.72 Å². The number of aryl methyl sites for hydroxylation is 2. The normalized spacial score (nSPS) is 11.4. The van der Waals surface area contributed by atoms with Crippen LogP contribution in [0.15, 0.2) is 47.4 Å². The van der Waals surface area contributed by atoms with Crippen LogP contribution in [0.4, 0.5) is 0 Å². The molecule has 0 atom stereocenters. The van der Waals surface area contributed by atoms with Crippen molar-refractivity contribution in [1.29, 1.82) is 0 Å². The average Bonchev–Trinajstić information content (AvgIpc) is 2.46. The van der Waals surface area contributed by atoms with Crippen LogP contribution in [0.3, 0.4) is 0 Å². The van der Waals surface area contributed by atoms with Gasteiger partial charge in [-0.05, 0) is 44.0 Å². The van der Waals surface area contributed by atoms with E-state index in [0.29, 0.717) is 5.56 Å². The fourth-order valence-electron chi connectivity index (χ4n) is 2.18. The van der Waals surface area contributed by atoms with E-state index in [1.165, 1.54) is 19.1 Å². The van der Waals surface area contributed by atoms with Crippen molar-refractivity contribution in [2.75, 3.05) is 0 Å². The fourth-order valence-corrected chi connectivity index (χ4v) is 3.23. The van der Waals surface area contributed by atoms with Gasteiger partial charge in [-0.2, -0.15) is 0 Å². The minimum Gasteiger partial charge on any atom is -0.295 e. The second-order valence-corrected chi connectivity index (χ2v) is 7.11. The minimum absolute atomic E-state index is 0.102. The van der Waals surface area contributed by atoms with Gasteiger partial charge in [0, 0.05) is 12.1 Å². The summed E-state index contributed by atoms with van der Waals surface area (Å²) in [5.74, 6) is -0.161. The number of nitrogens with one attached hydrogen (secondary N) is 1. The van der Waals surface area contributed by atoms with Gasteiger partial charge < -0.3 is 0 Å². The Bertz CT molecular complexity index is 810. The summed E-state index contributed by atoms with van der Waals surface area (Å²) >= 11 is 0. The number of hydrogen-bond acceptors (Lipinski definition) is 3. The van der Waals surface area contributed by atoms with Crippen molar-refractivity contribution in [3.8, 4) is 0 Å². The first kappa shape index (κ1) is 16.4. The van der Waals surface area contributed by atoms with E-state index in [1.807, 2.05) is 32.0 Å². The molecule has 0 saturated heterocycles. The van der Waals surface area contributed by atoms with Crippen molar-refractivity contribution in [3.63, 3.8) is 0 Å². The molecule has 0 aliphatic heterocycles. The minimum atomic E-state index is -3.64. The lowest BCUT2D eigenvalue weighted by Gasteiger charge is -2.10. The van der Waals surface area contributed by atoms with Crippen LogP contribution in [0.25, 0.3) is 0 Å². The molecule has 0 saturated carbocycles. The van der Waals surface area contributed by atoms with E-state index < -0.39 is 10.0 Å². The Morgan fingerprint density at radius 1 is 1.09 bits per heavy atom. The molecule has 116 valence electrons. The summed E-state index contributed by atoms with van der Waals surface area (Å²) in [5, 5.41) is 0. The van der Waals surface area contributed by atoms with E-state index in [4.69, 9.17) is 0 Å². The maximum atomic E-state index is 12.3. The van der Waals surface area contributed by atoms with Gasteiger partial charge in [0.25, 0.3) is 0 Å². The first-order valence-corrected chi connectivity index (χ1v) is 8.45. The molecule has 0 aliphatic carbocycles. The van der Waals surface area contributed by atoms with Gasteiger partial charge in [0.05, 0.1) is 4.90 Å². The first-order valence-electron chi connectivity index (χ1n) is 6.96. The molecule has 0 amide bonds. The SMILES string of the molecule is CC(=O)c1cccc(S(=O)(=O)NCc2ccc(C)cc2C)c1. The van der Waals surface area contributed by atoms with Gasteiger partial charge in [0.15, 0.2) is 5.78 Å². The zero-order valence-corrected chi connectivity index (χ0v) is 13.7. The maximum absolute atomic E-state index is 12.3. The third-order valence-corrected chi connectivity index (χ3v) is 4.90. The van der Waals surface area contributed by atoms with E-state index in [2.05, 4.69) is 4.72 Å². The predicted octanol–water partition coefficient (Wildman–Crippen LogP) is 2.98. The third-order valence-electron chi connectivity index (χ3n) is 3.50. The quantitative estimate of drug-likeness (QED) is 0.862. The molecule has 0 bridgehead atoms. The van der Waals surface area contributed by atoms with Gasteiger partial charge in [-0.3, -0.25) is 4.79 Å². The van der Waals surface area contributed by atoms with Crippen LogP contribution >= 0.6 is 0 Å². The first-order chi connectivity index (χ1) is 10.3. The van der Waals surface area contributed by atoms with Crippen LogP contribution in [-0.2, 0) is 16.6 Å². The number of Topliss-reactive ketones (excluding diaryl/α,β-unsaturated/α-hetero) is 1. The number of ketones is 1. The Morgan fingerprint density at radius 2 is 1.82 bits per heavy atom. The zero-order valence-electron chi connectivity index (χ0n) is 12.9. The van der Waals surface area contributed by atoms with Gasteiger partial charge in [-0.15, -0.1) is 0 Å². The smallest absolute Gasteiger partial charge is 0.240 e. The molecule has 4 nitrogen and oxygen atoms in total. The Balaban J connectivity index is 2.21. The topological polar surface area (TPSA) is 63.2 Å². The van der Waals surface area contributed by atoms with Crippen molar-refractivity contribution in [2.45, 2.75) is 32.2 Å². The van der Waals surface area contributed by atoms with Crippen molar-refractivity contribution in [3.05, 3.63) is 64.7 Å². The summed E-state index contributed by atoms with van der Waals surface area (Å²) in [6.45, 7) is 5.58. The molecular formula is C17H19NO3S. The molecule has 22 heavy (non-hydrogen) atoms. The van der Waals surface area contributed by atoms with Crippen molar-refractivity contribution >= 4 is 15.8 Å². The third kappa shape index (κ3) is 3.81. The molecule has 0 fully saturated rings. The predicted molar refractivity (Wildman–Crippen MR) is 86.4 cm³/mol. The van der Waals surface area contributed by atoms with Crippen LogP contribution in [0.1, 0.15) is 34.0 Å². The molecule has 1 N–H and O–H groups in total. The van der Waals surface area contributed by atoms with E-state index in [9.17, 15) is 13.2 Å². The molecule has 0 heterocycles. The highest BCUT2D eigenvalue weighted by Crippen LogP contribution is 2.14. The molecule has 0 radical (unpaired) electrons. The van der Waals surface area contributed by atoms with Gasteiger partial charge in [-0.1, -0.05) is 35.9 Å². The van der Waals surface area contributed by atoms with Crippen LogP contribution in [-0.4, -0.2) is 14.2 Å². The highest BCUT2D eigenvalue weighted by Gasteiger charge is 2.15. The van der Waals surface area contributed by atoms with Gasteiger partial charge in [-0.25, -0.2) is 13.1 Å². The second kappa shape index (κ2) is 6.42. The van der Waals surface area contributed by atoms with E-state index >= 15 is 0 Å². The van der Waals surface area contributed by atoms with Crippen LogP contribution in [0.2, 0.25) is 0 Å². The molecule has 0 aliphatic rings. The summed E-state index contributed by atoms with van der Waals surface area (Å²) in [6, 6.07) is 11.9. The molecular weight excluding hydrogens is 298 g/mol. The fraction of sp³-hybridized carbons (Fsp3) is 0.235. The molecule has 0 unspecified atom stereocenters. The molecule has 0 aromatic heterocycles. The number of rotatable bonds is 5. The molecule has 2 rings (SSSR count). The van der Waals surface area contributed by atoms with Crippen molar-refractivity contribution in [1.82, 2.24) is 4.72 Å². The standard InChI is InChI=1S/C17H19NO3S/c1-12-7-8-16(13(2)9-12)11-18-22(20,21)17-6-4-5-15(10-17)14(3)19/h4-10,18H,11H2,1-3H3. The number of sulfonamides is 1. The Labute approximate surface area is 131 Å². The lowest BCUT2D eigenvalue weighted by molar-refractivity contribution is 0.101. The summed E-state index contributed by atoms with van der Waals surface area (Å²) < 4.78 is 27.3. The summed E-state index contributed by atoms with van der Waals surface area (Å²) in [7, 11) is -3.64. The maximum Gasteiger partial charge on any atom is 0.240 e. The van der Waals surface area contributed by atoms with Gasteiger partial charge in [0.2, 0.25) is 10.0 Å².